The van der Waals surface area contributed by atoms with Gasteiger partial charge in [-0.3, -0.25) is 14.4 Å². The minimum absolute atomic E-state index is 0.0120. The Hall–Kier alpha value is -2.34. The normalized spacial score (nSPS) is 9.97. The Morgan fingerprint density at radius 1 is 0.442 bits per heavy atom. The highest BCUT2D eigenvalue weighted by Crippen LogP contribution is 1.96. The lowest BCUT2D eigenvalue weighted by atomic mass is 10.3. The average molecular weight is 1190 g/mol. The summed E-state index contributed by atoms with van der Waals surface area (Å²) in [6.45, 7) is 15.8. The summed E-state index contributed by atoms with van der Waals surface area (Å²) in [6, 6.07) is 0. The largest absolute Gasteiger partial charge is 0.385 e. The Kier molecular flexibility index (Phi) is 110. The summed E-state index contributed by atoms with van der Waals surface area (Å²) in [5.41, 5.74) is 0. The van der Waals surface area contributed by atoms with Gasteiger partial charge in [0.1, 0.15) is 16.4 Å². The molecular weight excluding hydrogens is 1080 g/mol. The lowest BCUT2D eigenvalue weighted by Crippen LogP contribution is -2.25. The van der Waals surface area contributed by atoms with Gasteiger partial charge in [-0.15, -0.1) is 0 Å². The van der Waals surface area contributed by atoms with Gasteiger partial charge in [-0.2, -0.15) is 0 Å². The van der Waals surface area contributed by atoms with E-state index in [9.17, 15) is 39.6 Å². The van der Waals surface area contributed by atoms with E-state index in [4.69, 9.17) is 28.4 Å². The number of sulfonamides is 2. The van der Waals surface area contributed by atoms with Crippen molar-refractivity contribution in [3.8, 4) is 0 Å². The number of unbranched alkanes of at least 4 members (excludes halogenated alkanes) is 2. The molecule has 0 bridgehead atoms. The number of rotatable bonds is 35. The number of hydrogen-bond acceptors (Lipinski definition) is 22. The lowest BCUT2D eigenvalue weighted by Gasteiger charge is -1.98. The summed E-state index contributed by atoms with van der Waals surface area (Å²) in [5, 5.41) is 13.4. The molecule has 0 rings (SSSR count). The molecule has 0 heterocycles. The molecule has 0 radical (unpaired) electrons. The number of likely N-dealkylation sites (N-methyl/N-ethyl adjacent to an activating group) is 2. The number of ether oxygens (including phenoxy) is 11. The third kappa shape index (κ3) is 160. The second-order valence-electron chi connectivity index (χ2n) is 14.6. The van der Waals surface area contributed by atoms with Gasteiger partial charge in [-0.05, 0) is 53.9 Å². The van der Waals surface area contributed by atoms with Crippen LogP contribution in [0, 0.1) is 0 Å². The van der Waals surface area contributed by atoms with Crippen LogP contribution in [-0.4, -0.2) is 279 Å². The van der Waals surface area contributed by atoms with E-state index in [1.165, 1.54) is 41.6 Å². The van der Waals surface area contributed by atoms with Crippen molar-refractivity contribution in [1.82, 2.24) is 36.0 Å². The highest BCUT2D eigenvalue weighted by Gasteiger charge is 2.04. The molecule has 0 aromatic carbocycles. The fourth-order valence-corrected chi connectivity index (χ4v) is 5.10. The molecule has 0 aliphatic carbocycles. The van der Waals surface area contributed by atoms with Gasteiger partial charge in [0.2, 0.25) is 37.8 Å². The standard InChI is InChI=1S/C6H14O2S.2C5H11NO2.C5H13NO.2C5H12O2.2C4H11NO3S.C4H9NO2.C4H11NO/c1-3-4-5-6-9(2,7)8;1-6-5(7)3-4-8-2;1-5(7)6-3-4-8-2;2*1-6-4-3-5-7-2;1-3-7-5-4-6-2;1-8-4-3-5-9(2,6)7;1-5-9(6,7)4-3-8-2;1-5-4(6)3-7-2;1-5-3-4-6-2/h3-6H2,1-2H3;2*3-4H2,1-2H3,(H,6,7);6H,3-5H2,1-2H3;2*3-5H2,1-2H3;2*5H,3-4H2,1-2H3;3H2,1-2H3,(H,5,6);5H,3-4H2,1-2H3. The van der Waals surface area contributed by atoms with Crippen LogP contribution >= 0.6 is 0 Å². The predicted molar refractivity (Wildman–Crippen MR) is 309 cm³/mol. The average Bonchev–Trinajstić information content (AvgIpc) is 3.38. The van der Waals surface area contributed by atoms with Crippen molar-refractivity contribution in [2.24, 2.45) is 0 Å². The highest BCUT2D eigenvalue weighted by atomic mass is 32.2. The van der Waals surface area contributed by atoms with E-state index in [0.29, 0.717) is 58.3 Å². The summed E-state index contributed by atoms with van der Waals surface area (Å²) in [7, 11) is 15.7. The van der Waals surface area contributed by atoms with Crippen molar-refractivity contribution in [3.63, 3.8) is 0 Å². The van der Waals surface area contributed by atoms with Crippen LogP contribution in [-0.2, 0) is 96.4 Å². The van der Waals surface area contributed by atoms with Crippen LogP contribution in [0.25, 0.3) is 0 Å². The van der Waals surface area contributed by atoms with Crippen molar-refractivity contribution in [3.05, 3.63) is 0 Å². The molecular formula is C47H115N7O20S3. The molecule has 77 heavy (non-hydrogen) atoms. The van der Waals surface area contributed by atoms with E-state index in [1.807, 2.05) is 21.0 Å². The van der Waals surface area contributed by atoms with E-state index in [0.717, 1.165) is 84.5 Å². The van der Waals surface area contributed by atoms with Crippen molar-refractivity contribution < 1.29 is 91.7 Å². The van der Waals surface area contributed by atoms with Gasteiger partial charge in [0, 0.05) is 157 Å². The van der Waals surface area contributed by atoms with Gasteiger partial charge in [0.15, 0.2) is 0 Å². The number of methoxy groups -OCH3 is 10. The van der Waals surface area contributed by atoms with Crippen LogP contribution < -0.4 is 36.0 Å². The number of sulfone groups is 1. The second-order valence-corrected chi connectivity index (χ2v) is 20.7. The lowest BCUT2D eigenvalue weighted by molar-refractivity contribution is -0.124. The van der Waals surface area contributed by atoms with Crippen molar-refractivity contribution >= 4 is 47.6 Å². The van der Waals surface area contributed by atoms with E-state index in [-0.39, 0.29) is 36.7 Å². The third-order valence-electron chi connectivity index (χ3n) is 7.37. The van der Waals surface area contributed by atoms with Crippen LogP contribution in [0.3, 0.4) is 0 Å². The first-order chi connectivity index (χ1) is 36.3. The smallest absolute Gasteiger partial charge is 0.245 e. The molecule has 0 saturated carbocycles. The molecule has 0 aromatic rings. The topological polar surface area (TPSA) is 339 Å². The van der Waals surface area contributed by atoms with Gasteiger partial charge in [0.05, 0.1) is 58.3 Å². The zero-order chi connectivity index (χ0) is 61.9. The van der Waals surface area contributed by atoms with Crippen molar-refractivity contribution in [2.75, 3.05) is 236 Å². The summed E-state index contributed by atoms with van der Waals surface area (Å²) in [6.07, 6.45) is 7.86. The van der Waals surface area contributed by atoms with Crippen LogP contribution in [0.15, 0.2) is 0 Å². The van der Waals surface area contributed by atoms with Gasteiger partial charge >= 0.3 is 0 Å². The quantitative estimate of drug-likeness (QED) is 0.0409. The van der Waals surface area contributed by atoms with E-state index < -0.39 is 29.9 Å². The molecule has 3 amide bonds. The van der Waals surface area contributed by atoms with Crippen LogP contribution in [0.5, 0.6) is 0 Å². The van der Waals surface area contributed by atoms with Crippen molar-refractivity contribution in [2.45, 2.75) is 59.3 Å². The molecule has 0 atom stereocenters. The first-order valence-electron chi connectivity index (χ1n) is 24.7. The van der Waals surface area contributed by atoms with Gasteiger partial charge in [0.25, 0.3) is 0 Å². The number of carbonyl (C=O) groups excluding carboxylic acids is 3. The van der Waals surface area contributed by atoms with Gasteiger partial charge in [-0.25, -0.2) is 34.7 Å². The molecule has 0 aliphatic rings. The molecule has 30 heteroatoms. The SMILES string of the molecule is CCCCCS(C)(=O)=O.CCOCCOC.CNC(=O)CCOC.CNC(=O)COC.CNCCCOC.CNCCOC.CNS(=O)(=O)CCOC.COCCCOC.COCCNC(C)=O.COCCNS(C)(=O)=O. The summed E-state index contributed by atoms with van der Waals surface area (Å²) < 4.78 is 119. The van der Waals surface area contributed by atoms with Crippen LogP contribution in [0.2, 0.25) is 0 Å². The Labute approximate surface area is 468 Å². The number of carbonyl (C=O) groups is 3. The minimum Gasteiger partial charge on any atom is -0.385 e. The van der Waals surface area contributed by atoms with Crippen molar-refractivity contribution in [1.29, 1.82) is 0 Å². The predicted octanol–water partition coefficient (Wildman–Crippen LogP) is -0.0651. The van der Waals surface area contributed by atoms with Crippen LogP contribution in [0.1, 0.15) is 59.3 Å². The molecule has 0 fully saturated rings. The molecule has 0 spiro atoms. The molecule has 0 saturated heterocycles. The summed E-state index contributed by atoms with van der Waals surface area (Å²) in [5.74, 6) is 0.289. The van der Waals surface area contributed by atoms with E-state index in [2.05, 4.69) is 66.6 Å². The zero-order valence-corrected chi connectivity index (χ0v) is 53.8. The molecule has 7 N–H and O–H groups in total. The maximum absolute atomic E-state index is 10.6. The van der Waals surface area contributed by atoms with Gasteiger partial charge < -0.3 is 78.7 Å². The molecule has 476 valence electrons. The van der Waals surface area contributed by atoms with Crippen LogP contribution in [0.4, 0.5) is 0 Å². The maximum Gasteiger partial charge on any atom is 0.245 e. The number of hydrogen-bond donors (Lipinski definition) is 7. The van der Waals surface area contributed by atoms with Gasteiger partial charge in [-0.1, -0.05) is 19.8 Å². The second kappa shape index (κ2) is 87.5. The van der Waals surface area contributed by atoms with E-state index in [1.54, 1.807) is 63.9 Å². The Morgan fingerprint density at radius 3 is 1.21 bits per heavy atom. The number of nitrogens with one attached hydrogen (secondary N) is 7. The zero-order valence-electron chi connectivity index (χ0n) is 51.4. The maximum atomic E-state index is 10.6. The minimum atomic E-state index is -3.06. The molecule has 27 nitrogen and oxygen atoms in total. The first-order valence-corrected chi connectivity index (χ1v) is 30.4. The third-order valence-corrected chi connectivity index (χ3v) is 10.5. The van der Waals surface area contributed by atoms with E-state index >= 15 is 0 Å². The first kappa shape index (κ1) is 96.9. The number of amides is 3. The summed E-state index contributed by atoms with van der Waals surface area (Å²) in [4.78, 5) is 30.7. The fraction of sp³-hybridized carbons (Fsp3) is 0.936. The Bertz CT molecular complexity index is 1350. The highest BCUT2D eigenvalue weighted by molar-refractivity contribution is 7.90. The monoisotopic (exact) mass is 1190 g/mol. The molecule has 0 unspecified atom stereocenters. The Balaban J connectivity index is -0.0000000812. The molecule has 0 aliphatic heterocycles. The Morgan fingerprint density at radius 2 is 0.883 bits per heavy atom. The summed E-state index contributed by atoms with van der Waals surface area (Å²) >= 11 is 0. The molecule has 0 aromatic heterocycles. The fourth-order valence-electron chi connectivity index (χ4n) is 3.32.